The van der Waals surface area contributed by atoms with Crippen LogP contribution in [0.25, 0.3) is 0 Å². The monoisotopic (exact) mass is 368 g/mol. The first-order valence-corrected chi connectivity index (χ1v) is 9.45. The quantitative estimate of drug-likeness (QED) is 0.701. The number of carbonyl (C=O) groups excluding carboxylic acids is 1. The molecule has 0 spiro atoms. The highest BCUT2D eigenvalue weighted by Gasteiger charge is 2.34. The van der Waals surface area contributed by atoms with E-state index in [1.807, 2.05) is 6.07 Å². The van der Waals surface area contributed by atoms with Crippen LogP contribution in [-0.2, 0) is 4.74 Å². The van der Waals surface area contributed by atoms with Gasteiger partial charge in [0.1, 0.15) is 5.82 Å². The van der Waals surface area contributed by atoms with E-state index < -0.39 is 0 Å². The predicted octanol–water partition coefficient (Wildman–Crippen LogP) is 2.75. The van der Waals surface area contributed by atoms with Gasteiger partial charge in [0.2, 0.25) is 0 Å². The zero-order valence-corrected chi connectivity index (χ0v) is 16.0. The van der Waals surface area contributed by atoms with E-state index in [0.29, 0.717) is 17.9 Å². The Labute approximate surface area is 160 Å². The first-order chi connectivity index (χ1) is 13.1. The van der Waals surface area contributed by atoms with Crippen LogP contribution in [0.4, 0.5) is 5.82 Å². The molecule has 0 bridgehead atoms. The topological polar surface area (TPSA) is 75.3 Å². The number of carbonyl (C=O) groups is 1. The highest BCUT2D eigenvalue weighted by molar-refractivity contribution is 5.98. The predicted molar refractivity (Wildman–Crippen MR) is 107 cm³/mol. The number of hydrogen-bond acceptors (Lipinski definition) is 5. The second-order valence-corrected chi connectivity index (χ2v) is 7.00. The average Bonchev–Trinajstić information content (AvgIpc) is 2.73. The summed E-state index contributed by atoms with van der Waals surface area (Å²) in [5.74, 6) is 0.467. The molecule has 144 valence electrons. The second kappa shape index (κ2) is 8.97. The number of hydrogen-bond donors (Lipinski definition) is 3. The molecule has 1 aliphatic rings. The van der Waals surface area contributed by atoms with Crippen molar-refractivity contribution in [2.75, 3.05) is 32.1 Å². The van der Waals surface area contributed by atoms with E-state index in [1.54, 1.807) is 25.4 Å². The molecule has 1 aliphatic heterocycles. The SMILES string of the molecule is CNC(=O)c1cccnc1NCC1(NC(C)c2ccccc2)CCOCC1. The summed E-state index contributed by atoms with van der Waals surface area (Å²) < 4.78 is 5.60. The maximum atomic E-state index is 12.1. The molecule has 3 N–H and O–H groups in total. The zero-order chi connectivity index (χ0) is 19.1. The number of rotatable bonds is 7. The van der Waals surface area contributed by atoms with Gasteiger partial charge in [0.15, 0.2) is 0 Å². The third-order valence-corrected chi connectivity index (χ3v) is 5.15. The summed E-state index contributed by atoms with van der Waals surface area (Å²) in [6.07, 6.45) is 3.50. The summed E-state index contributed by atoms with van der Waals surface area (Å²) in [5, 5.41) is 9.88. The Kier molecular flexibility index (Phi) is 6.42. The number of anilines is 1. The molecule has 3 rings (SSSR count). The molecule has 0 radical (unpaired) electrons. The van der Waals surface area contributed by atoms with Crippen LogP contribution in [0.1, 0.15) is 41.7 Å². The summed E-state index contributed by atoms with van der Waals surface area (Å²) in [4.78, 5) is 16.5. The van der Waals surface area contributed by atoms with Gasteiger partial charge in [0.25, 0.3) is 5.91 Å². The lowest BCUT2D eigenvalue weighted by Gasteiger charge is -2.41. The third-order valence-electron chi connectivity index (χ3n) is 5.15. The van der Waals surface area contributed by atoms with E-state index >= 15 is 0 Å². The van der Waals surface area contributed by atoms with Crippen molar-refractivity contribution in [3.63, 3.8) is 0 Å². The standard InChI is InChI=1S/C21H28N4O2/c1-16(17-7-4-3-5-8-17)25-21(10-13-27-14-11-21)15-24-19-18(20(26)22-2)9-6-12-23-19/h3-9,12,16,25H,10-11,13-15H2,1-2H3,(H,22,26)(H,23,24). The number of amides is 1. The van der Waals surface area contributed by atoms with Crippen molar-refractivity contribution in [1.29, 1.82) is 0 Å². The summed E-state index contributed by atoms with van der Waals surface area (Å²) in [6, 6.07) is 14.2. The molecule has 6 nitrogen and oxygen atoms in total. The number of benzene rings is 1. The Morgan fingerprint density at radius 2 is 1.93 bits per heavy atom. The molecule has 1 saturated heterocycles. The van der Waals surface area contributed by atoms with E-state index in [4.69, 9.17) is 4.74 Å². The minimum absolute atomic E-state index is 0.120. The van der Waals surface area contributed by atoms with E-state index in [1.165, 1.54) is 5.56 Å². The van der Waals surface area contributed by atoms with Gasteiger partial charge in [0, 0.05) is 44.6 Å². The fourth-order valence-electron chi connectivity index (χ4n) is 3.54. The van der Waals surface area contributed by atoms with Crippen molar-refractivity contribution in [1.82, 2.24) is 15.6 Å². The van der Waals surface area contributed by atoms with Crippen molar-refractivity contribution in [2.24, 2.45) is 0 Å². The Morgan fingerprint density at radius 1 is 1.19 bits per heavy atom. The van der Waals surface area contributed by atoms with Crippen LogP contribution in [0, 0.1) is 0 Å². The molecular formula is C21H28N4O2. The molecule has 1 aromatic heterocycles. The molecule has 0 aliphatic carbocycles. The maximum absolute atomic E-state index is 12.1. The van der Waals surface area contributed by atoms with Crippen LogP contribution in [0.15, 0.2) is 48.7 Å². The van der Waals surface area contributed by atoms with Crippen LogP contribution in [0.3, 0.4) is 0 Å². The molecule has 1 atom stereocenters. The smallest absolute Gasteiger partial charge is 0.254 e. The fourth-order valence-corrected chi connectivity index (χ4v) is 3.54. The summed E-state index contributed by atoms with van der Waals surface area (Å²) >= 11 is 0. The largest absolute Gasteiger partial charge is 0.381 e. The molecule has 27 heavy (non-hydrogen) atoms. The van der Waals surface area contributed by atoms with Gasteiger partial charge in [-0.15, -0.1) is 0 Å². The number of nitrogens with zero attached hydrogens (tertiary/aromatic N) is 1. The van der Waals surface area contributed by atoms with Gasteiger partial charge in [-0.05, 0) is 37.5 Å². The van der Waals surface area contributed by atoms with Crippen molar-refractivity contribution in [3.8, 4) is 0 Å². The molecule has 1 fully saturated rings. The molecule has 2 heterocycles. The summed E-state index contributed by atoms with van der Waals surface area (Å²) in [6.45, 7) is 4.30. The van der Waals surface area contributed by atoms with Crippen molar-refractivity contribution in [3.05, 3.63) is 59.8 Å². The minimum atomic E-state index is -0.141. The highest BCUT2D eigenvalue weighted by Crippen LogP contribution is 2.26. The Morgan fingerprint density at radius 3 is 2.63 bits per heavy atom. The Balaban J connectivity index is 1.75. The van der Waals surface area contributed by atoms with Crippen molar-refractivity contribution < 1.29 is 9.53 Å². The van der Waals surface area contributed by atoms with E-state index in [-0.39, 0.29) is 17.5 Å². The Hall–Kier alpha value is -2.44. The van der Waals surface area contributed by atoms with Crippen molar-refractivity contribution in [2.45, 2.75) is 31.3 Å². The van der Waals surface area contributed by atoms with Gasteiger partial charge in [-0.25, -0.2) is 4.98 Å². The zero-order valence-electron chi connectivity index (χ0n) is 16.0. The minimum Gasteiger partial charge on any atom is -0.381 e. The van der Waals surface area contributed by atoms with Gasteiger partial charge < -0.3 is 20.7 Å². The van der Waals surface area contributed by atoms with Crippen LogP contribution in [0.2, 0.25) is 0 Å². The van der Waals surface area contributed by atoms with Gasteiger partial charge >= 0.3 is 0 Å². The first kappa shape index (κ1) is 19.3. The molecule has 0 saturated carbocycles. The third kappa shape index (κ3) is 4.84. The lowest BCUT2D eigenvalue weighted by molar-refractivity contribution is 0.0389. The highest BCUT2D eigenvalue weighted by atomic mass is 16.5. The molecule has 6 heteroatoms. The number of ether oxygens (including phenoxy) is 1. The van der Waals surface area contributed by atoms with E-state index in [2.05, 4.69) is 52.1 Å². The molecule has 1 aromatic carbocycles. The fraction of sp³-hybridized carbons (Fsp3) is 0.429. The van der Waals surface area contributed by atoms with Crippen LogP contribution in [0.5, 0.6) is 0 Å². The number of pyridine rings is 1. The van der Waals surface area contributed by atoms with E-state index in [9.17, 15) is 4.79 Å². The maximum Gasteiger partial charge on any atom is 0.254 e. The summed E-state index contributed by atoms with van der Waals surface area (Å²) in [5.41, 5.74) is 1.69. The van der Waals surface area contributed by atoms with Crippen LogP contribution >= 0.6 is 0 Å². The normalized spacial score (nSPS) is 17.1. The average molecular weight is 368 g/mol. The summed E-state index contributed by atoms with van der Waals surface area (Å²) in [7, 11) is 1.63. The Bertz CT molecular complexity index is 745. The first-order valence-electron chi connectivity index (χ1n) is 9.45. The van der Waals surface area contributed by atoms with E-state index in [0.717, 1.165) is 26.1 Å². The molecule has 1 unspecified atom stereocenters. The van der Waals surface area contributed by atoms with Crippen LogP contribution in [-0.4, -0.2) is 43.2 Å². The second-order valence-electron chi connectivity index (χ2n) is 7.00. The van der Waals surface area contributed by atoms with Crippen LogP contribution < -0.4 is 16.0 Å². The number of aromatic nitrogens is 1. The van der Waals surface area contributed by atoms with Gasteiger partial charge in [-0.1, -0.05) is 30.3 Å². The molecular weight excluding hydrogens is 340 g/mol. The molecule has 2 aromatic rings. The number of nitrogens with one attached hydrogen (secondary N) is 3. The van der Waals surface area contributed by atoms with Gasteiger partial charge in [-0.3, -0.25) is 4.79 Å². The van der Waals surface area contributed by atoms with Gasteiger partial charge in [-0.2, -0.15) is 0 Å². The van der Waals surface area contributed by atoms with Crippen molar-refractivity contribution >= 4 is 11.7 Å². The lowest BCUT2D eigenvalue weighted by Crippen LogP contribution is -2.54. The van der Waals surface area contributed by atoms with Gasteiger partial charge in [0.05, 0.1) is 5.56 Å². The molecule has 1 amide bonds. The lowest BCUT2D eigenvalue weighted by atomic mass is 9.88.